The number of amides is 1. The number of nitrogens with one attached hydrogen (secondary N) is 1. The lowest BCUT2D eigenvalue weighted by atomic mass is 9.83. The molecule has 1 N–H and O–H groups in total. The molecule has 5 aromatic heterocycles. The van der Waals surface area contributed by atoms with Crippen molar-refractivity contribution in [1.82, 2.24) is 48.7 Å². The molecule has 0 spiro atoms. The Morgan fingerprint density at radius 3 is 2.48 bits per heavy atom. The number of nitrogens with zero attached hydrogens (tertiary/aromatic N) is 9. The second-order valence-electron chi connectivity index (χ2n) is 18.7. The van der Waals surface area contributed by atoms with Crippen LogP contribution in [-0.4, -0.2) is 72.9 Å². The average molecular weight is 861 g/mol. The number of rotatable bonds is 7. The van der Waals surface area contributed by atoms with Gasteiger partial charge in [-0.3, -0.25) is 23.4 Å². The highest BCUT2D eigenvalue weighted by Crippen LogP contribution is 2.53. The third kappa shape index (κ3) is 5.84. The van der Waals surface area contributed by atoms with Crippen molar-refractivity contribution in [3.8, 4) is 17.2 Å². The van der Waals surface area contributed by atoms with Gasteiger partial charge in [0.05, 0.1) is 40.4 Å². The number of hydrogen-bond acceptors (Lipinski definition) is 9. The second-order valence-corrected chi connectivity index (χ2v) is 18.7. The summed E-state index contributed by atoms with van der Waals surface area (Å²) in [5.74, 6) is 0.0846. The first-order chi connectivity index (χ1) is 30.9. The van der Waals surface area contributed by atoms with Crippen LogP contribution in [0.25, 0.3) is 39.0 Å². The first kappa shape index (κ1) is 38.7. The highest BCUT2D eigenvalue weighted by atomic mass is 19.1. The molecule has 324 valence electrons. The van der Waals surface area contributed by atoms with Crippen LogP contribution in [0, 0.1) is 19.7 Å². The van der Waals surface area contributed by atoms with E-state index in [0.717, 1.165) is 46.8 Å². The van der Waals surface area contributed by atoms with E-state index in [1.165, 1.54) is 5.56 Å². The molecule has 3 fully saturated rings. The second kappa shape index (κ2) is 13.8. The summed E-state index contributed by atoms with van der Waals surface area (Å²) in [6, 6.07) is 18.7. The number of H-pyrrole nitrogens is 1. The number of fused-ring (bicyclic) bond motifs is 6. The van der Waals surface area contributed by atoms with Gasteiger partial charge >= 0.3 is 11.4 Å². The Hall–Kier alpha value is -6.94. The fourth-order valence-electron chi connectivity index (χ4n) is 11.0. The van der Waals surface area contributed by atoms with E-state index < -0.39 is 17.3 Å². The highest BCUT2D eigenvalue weighted by Gasteiger charge is 2.54. The Labute approximate surface area is 365 Å². The molecule has 0 unspecified atom stereocenters. The molecular weight excluding hydrogens is 816 g/mol. The summed E-state index contributed by atoms with van der Waals surface area (Å²) in [4.78, 5) is 47.6. The van der Waals surface area contributed by atoms with E-state index >= 15 is 9.18 Å². The van der Waals surface area contributed by atoms with Crippen molar-refractivity contribution in [2.45, 2.75) is 102 Å². The topological polar surface area (TPSA) is 164 Å². The molecule has 3 aromatic carbocycles. The van der Waals surface area contributed by atoms with E-state index in [0.29, 0.717) is 83.6 Å². The van der Waals surface area contributed by atoms with Crippen molar-refractivity contribution in [3.63, 3.8) is 0 Å². The van der Waals surface area contributed by atoms with Gasteiger partial charge in [-0.2, -0.15) is 15.3 Å². The zero-order valence-electron chi connectivity index (χ0n) is 35.8. The number of hydrogen-bond donors (Lipinski definition) is 1. The van der Waals surface area contributed by atoms with Crippen molar-refractivity contribution in [1.29, 1.82) is 0 Å². The van der Waals surface area contributed by atoms with Crippen molar-refractivity contribution in [2.24, 2.45) is 0 Å². The quantitative estimate of drug-likeness (QED) is 0.174. The average Bonchev–Trinajstić information content (AvgIpc) is 3.69. The van der Waals surface area contributed by atoms with Crippen LogP contribution in [0.1, 0.15) is 109 Å². The van der Waals surface area contributed by atoms with E-state index in [-0.39, 0.29) is 29.1 Å². The van der Waals surface area contributed by atoms with Crippen molar-refractivity contribution < 1.29 is 18.4 Å². The molecule has 2 bridgehead atoms. The Kier molecular flexibility index (Phi) is 8.33. The van der Waals surface area contributed by atoms with Gasteiger partial charge in [-0.05, 0) is 143 Å². The van der Waals surface area contributed by atoms with E-state index in [9.17, 15) is 9.59 Å². The summed E-state index contributed by atoms with van der Waals surface area (Å²) >= 11 is 0. The Morgan fingerprint density at radius 1 is 0.906 bits per heavy atom. The van der Waals surface area contributed by atoms with Gasteiger partial charge in [0.25, 0.3) is 5.91 Å². The molecule has 8 heterocycles. The van der Waals surface area contributed by atoms with Gasteiger partial charge in [-0.25, -0.2) is 18.7 Å². The minimum absolute atomic E-state index is 0.156. The number of carbonyl (C=O) groups excluding carboxylic acids is 1. The number of aromatic amines is 1. The zero-order valence-corrected chi connectivity index (χ0v) is 35.8. The summed E-state index contributed by atoms with van der Waals surface area (Å²) < 4.78 is 33.2. The van der Waals surface area contributed by atoms with Crippen LogP contribution in [-0.2, 0) is 16.7 Å². The van der Waals surface area contributed by atoms with Gasteiger partial charge in [-0.15, -0.1) is 0 Å². The molecule has 3 atom stereocenters. The third-order valence-corrected chi connectivity index (χ3v) is 14.2. The molecule has 12 rings (SSSR count). The van der Waals surface area contributed by atoms with E-state index in [1.54, 1.807) is 58.4 Å². The normalized spacial score (nSPS) is 20.9. The van der Waals surface area contributed by atoms with Crippen molar-refractivity contribution in [2.75, 3.05) is 6.61 Å². The highest BCUT2D eigenvalue weighted by molar-refractivity contribution is 6.00. The fourth-order valence-corrected chi connectivity index (χ4v) is 11.0. The molecule has 1 amide bonds. The van der Waals surface area contributed by atoms with Crippen LogP contribution >= 0.6 is 0 Å². The van der Waals surface area contributed by atoms with Crippen LogP contribution in [0.3, 0.4) is 0 Å². The van der Waals surface area contributed by atoms with E-state index in [1.807, 2.05) is 35.2 Å². The number of halogens is 1. The number of carbonyl (C=O) groups is 1. The third-order valence-electron chi connectivity index (χ3n) is 14.2. The summed E-state index contributed by atoms with van der Waals surface area (Å²) in [6.45, 7) is 8.37. The monoisotopic (exact) mass is 860 g/mol. The van der Waals surface area contributed by atoms with Gasteiger partial charge in [0.15, 0.2) is 5.82 Å². The Morgan fingerprint density at radius 2 is 1.72 bits per heavy atom. The molecule has 4 aliphatic rings. The molecule has 15 nitrogen and oxygen atoms in total. The predicted molar refractivity (Wildman–Crippen MR) is 234 cm³/mol. The van der Waals surface area contributed by atoms with E-state index in [4.69, 9.17) is 14.4 Å². The molecule has 1 aliphatic carbocycles. The standard InChI is InChI=1S/C48H45FN10O5/c1-26-19-34(20-27(2)41(26)49)59-42(56-17-16-55(46(56)62)32-6-8-35-29(22-32)11-15-50-52-35)40-36(53-59)24-33-7-10-38(40)57(33)43(60)39-23-31-21-28(30-12-18-63-47(3,4)25-30)5-9-37(31)58(39)48(13-14-48)44-51-45(61)64-54-44/h5-6,8-9,11,15-17,19-23,30,33,38H,7,10,12-14,18,24-25H2,1-4H3,(H,51,54,61)/t30-,33+,38-/m0/s1. The Bertz CT molecular complexity index is 3340. The number of ether oxygens (including phenoxy) is 1. The SMILES string of the molecule is Cc1cc(-n2nc3c(c2-n2ccn(-c4ccc5nnccc5c4)c2=O)[C@@H]2CC[C@H](C3)N2C(=O)c2cc3cc([C@H]4CCOC(C)(C)C4)ccc3n2C2(c3noc(=O)[nH]3)CC2)cc(C)c1F. The molecule has 64 heavy (non-hydrogen) atoms. The minimum Gasteiger partial charge on any atom is -0.376 e. The van der Waals surface area contributed by atoms with Gasteiger partial charge in [0, 0.05) is 53.3 Å². The lowest BCUT2D eigenvalue weighted by molar-refractivity contribution is -0.0592. The largest absolute Gasteiger partial charge is 0.438 e. The maximum absolute atomic E-state index is 15.7. The molecular formula is C48H45FN10O5. The maximum atomic E-state index is 15.7. The van der Waals surface area contributed by atoms with Gasteiger partial charge in [0.2, 0.25) is 0 Å². The van der Waals surface area contributed by atoms with Crippen LogP contribution in [0.2, 0.25) is 0 Å². The number of benzene rings is 3. The summed E-state index contributed by atoms with van der Waals surface area (Å²) in [5.41, 5.74) is 5.65. The fraction of sp³-hybridized carbons (Fsp3) is 0.354. The van der Waals surface area contributed by atoms with Crippen LogP contribution in [0.4, 0.5) is 4.39 Å². The molecule has 2 saturated heterocycles. The molecule has 16 heteroatoms. The summed E-state index contributed by atoms with van der Waals surface area (Å²) in [5, 5.41) is 19.3. The maximum Gasteiger partial charge on any atom is 0.438 e. The lowest BCUT2D eigenvalue weighted by Gasteiger charge is -2.35. The Balaban J connectivity index is 1.01. The zero-order chi connectivity index (χ0) is 43.8. The molecule has 3 aliphatic heterocycles. The first-order valence-corrected chi connectivity index (χ1v) is 22.0. The number of aryl methyl sites for hydroxylation is 2. The summed E-state index contributed by atoms with van der Waals surface area (Å²) in [6.07, 6.45) is 10.0. The van der Waals surface area contributed by atoms with Gasteiger partial charge in [-0.1, -0.05) is 11.2 Å². The summed E-state index contributed by atoms with van der Waals surface area (Å²) in [7, 11) is 0. The van der Waals surface area contributed by atoms with Gasteiger partial charge < -0.3 is 14.2 Å². The minimum atomic E-state index is -0.777. The smallest absolute Gasteiger partial charge is 0.376 e. The van der Waals surface area contributed by atoms with Crippen LogP contribution in [0.15, 0.2) is 93.4 Å². The molecule has 0 radical (unpaired) electrons. The van der Waals surface area contributed by atoms with Crippen molar-refractivity contribution in [3.05, 3.63) is 146 Å². The lowest BCUT2D eigenvalue weighted by Crippen LogP contribution is -2.43. The first-order valence-electron chi connectivity index (χ1n) is 22.0. The van der Waals surface area contributed by atoms with Gasteiger partial charge in [0.1, 0.15) is 22.9 Å². The van der Waals surface area contributed by atoms with Crippen LogP contribution < -0.4 is 11.4 Å². The predicted octanol–water partition coefficient (Wildman–Crippen LogP) is 7.26. The number of aromatic nitrogens is 9. The van der Waals surface area contributed by atoms with Crippen molar-refractivity contribution >= 4 is 27.7 Å². The molecule has 1 saturated carbocycles. The van der Waals surface area contributed by atoms with E-state index in [2.05, 4.69) is 57.0 Å². The number of imidazole rings is 1. The van der Waals surface area contributed by atoms with Crippen LogP contribution in [0.5, 0.6) is 0 Å². The molecule has 8 aromatic rings.